The molecule has 9 rings (SSSR count). The molecule has 2 aromatic heterocycles. The maximum atomic E-state index is 4.99. The summed E-state index contributed by atoms with van der Waals surface area (Å²) in [7, 11) is 0. The van der Waals surface area contributed by atoms with Crippen LogP contribution in [0.15, 0.2) is 158 Å². The van der Waals surface area contributed by atoms with Gasteiger partial charge in [-0.2, -0.15) is 0 Å². The molecule has 53 heavy (non-hydrogen) atoms. The van der Waals surface area contributed by atoms with Crippen LogP contribution in [-0.2, 0) is 6.54 Å². The molecule has 0 aliphatic rings. The first-order chi connectivity index (χ1) is 25.9. The number of para-hydroxylation sites is 1. The predicted octanol–water partition coefficient (Wildman–Crippen LogP) is 14.0. The average Bonchev–Trinajstić information content (AvgIpc) is 3.77. The van der Waals surface area contributed by atoms with Crippen LogP contribution in [0.2, 0.25) is 0 Å². The molecule has 0 aliphatic heterocycles. The number of nitrogens with zero attached hydrogens (tertiary/aromatic N) is 4. The summed E-state index contributed by atoms with van der Waals surface area (Å²) in [6.45, 7) is 9.52. The van der Waals surface area contributed by atoms with Crippen LogP contribution >= 0.6 is 11.3 Å². The van der Waals surface area contributed by atoms with Crippen molar-refractivity contribution in [2.75, 3.05) is 9.80 Å². The van der Waals surface area contributed by atoms with E-state index in [2.05, 4.69) is 200 Å². The Kier molecular flexibility index (Phi) is 8.29. The Bertz CT molecular complexity index is 2640. The van der Waals surface area contributed by atoms with Gasteiger partial charge in [0.25, 0.3) is 0 Å². The van der Waals surface area contributed by atoms with E-state index in [1.54, 1.807) is 11.3 Å². The third-order valence-corrected chi connectivity index (χ3v) is 11.3. The lowest BCUT2D eigenvalue weighted by atomic mass is 10.1. The fraction of sp³-hybridized carbons (Fsp3) is 0.104. The number of fused-ring (bicyclic) bond motifs is 4. The zero-order chi connectivity index (χ0) is 36.1. The molecule has 0 N–H and O–H groups in total. The SMILES string of the molecule is CCn1c2ccc(-c3nc4ccccc4s3)cc2c2cc(N(c3ccc(C)cc3)c3ccc(N(c4ccc(C)cc4)c4ccc(C)cc4)cc3)ccc21. The highest BCUT2D eigenvalue weighted by Gasteiger charge is 2.19. The van der Waals surface area contributed by atoms with E-state index in [0.717, 1.165) is 56.8 Å². The van der Waals surface area contributed by atoms with Crippen LogP contribution in [0.3, 0.4) is 0 Å². The summed E-state index contributed by atoms with van der Waals surface area (Å²) in [5, 5.41) is 3.53. The minimum Gasteiger partial charge on any atom is -0.341 e. The van der Waals surface area contributed by atoms with Gasteiger partial charge in [-0.1, -0.05) is 65.2 Å². The highest BCUT2D eigenvalue weighted by molar-refractivity contribution is 7.21. The number of hydrogen-bond donors (Lipinski definition) is 0. The summed E-state index contributed by atoms with van der Waals surface area (Å²) in [6.07, 6.45) is 0. The molecule has 0 atom stereocenters. The van der Waals surface area contributed by atoms with Gasteiger partial charge in [0.15, 0.2) is 0 Å². The van der Waals surface area contributed by atoms with Crippen molar-refractivity contribution >= 4 is 77.5 Å². The molecule has 4 nitrogen and oxygen atoms in total. The maximum absolute atomic E-state index is 4.99. The van der Waals surface area contributed by atoms with Crippen molar-refractivity contribution in [3.8, 4) is 10.6 Å². The van der Waals surface area contributed by atoms with Crippen molar-refractivity contribution in [3.05, 3.63) is 174 Å². The first kappa shape index (κ1) is 32.7. The first-order valence-electron chi connectivity index (χ1n) is 18.3. The van der Waals surface area contributed by atoms with E-state index in [4.69, 9.17) is 4.98 Å². The molecule has 0 amide bonds. The van der Waals surface area contributed by atoms with Gasteiger partial charge in [0.1, 0.15) is 5.01 Å². The van der Waals surface area contributed by atoms with E-state index >= 15 is 0 Å². The number of aryl methyl sites for hydroxylation is 4. The number of benzene rings is 7. The van der Waals surface area contributed by atoms with Crippen molar-refractivity contribution in [2.45, 2.75) is 34.2 Å². The summed E-state index contributed by atoms with van der Waals surface area (Å²) < 4.78 is 3.63. The molecule has 258 valence electrons. The third-order valence-electron chi connectivity index (χ3n) is 10.2. The van der Waals surface area contributed by atoms with E-state index in [1.165, 1.54) is 43.2 Å². The summed E-state index contributed by atoms with van der Waals surface area (Å²) in [5.74, 6) is 0. The lowest BCUT2D eigenvalue weighted by Crippen LogP contribution is -2.12. The van der Waals surface area contributed by atoms with Gasteiger partial charge in [-0.15, -0.1) is 11.3 Å². The summed E-state index contributed by atoms with van der Waals surface area (Å²) in [5.41, 5.74) is 15.1. The highest BCUT2D eigenvalue weighted by atomic mass is 32.1. The van der Waals surface area contributed by atoms with Gasteiger partial charge >= 0.3 is 0 Å². The molecule has 0 aliphatic carbocycles. The number of aromatic nitrogens is 2. The summed E-state index contributed by atoms with van der Waals surface area (Å²) in [4.78, 5) is 9.69. The highest BCUT2D eigenvalue weighted by Crippen LogP contribution is 2.42. The van der Waals surface area contributed by atoms with Gasteiger partial charge < -0.3 is 14.4 Å². The third kappa shape index (κ3) is 6.03. The Labute approximate surface area is 314 Å². The van der Waals surface area contributed by atoms with Gasteiger partial charge in [0.2, 0.25) is 0 Å². The van der Waals surface area contributed by atoms with Crippen LogP contribution in [0.25, 0.3) is 42.6 Å². The molecule has 7 aromatic carbocycles. The van der Waals surface area contributed by atoms with Gasteiger partial charge in [0.05, 0.1) is 10.2 Å². The van der Waals surface area contributed by atoms with E-state index < -0.39 is 0 Å². The van der Waals surface area contributed by atoms with Crippen molar-refractivity contribution in [3.63, 3.8) is 0 Å². The van der Waals surface area contributed by atoms with E-state index in [0.29, 0.717) is 0 Å². The topological polar surface area (TPSA) is 24.3 Å². The Balaban J connectivity index is 1.17. The molecule has 9 aromatic rings. The molecule has 0 saturated carbocycles. The Morgan fingerprint density at radius 3 is 1.43 bits per heavy atom. The Hall–Kier alpha value is -6.17. The number of rotatable bonds is 8. The van der Waals surface area contributed by atoms with Gasteiger partial charge in [-0.3, -0.25) is 0 Å². The lowest BCUT2D eigenvalue weighted by Gasteiger charge is -2.28. The molecule has 0 fully saturated rings. The molecule has 0 saturated heterocycles. The quantitative estimate of drug-likeness (QED) is 0.157. The fourth-order valence-corrected chi connectivity index (χ4v) is 8.39. The monoisotopic (exact) mass is 704 g/mol. The van der Waals surface area contributed by atoms with Crippen molar-refractivity contribution in [1.82, 2.24) is 9.55 Å². The second-order valence-electron chi connectivity index (χ2n) is 13.9. The van der Waals surface area contributed by atoms with Crippen molar-refractivity contribution < 1.29 is 0 Å². The van der Waals surface area contributed by atoms with E-state index in [9.17, 15) is 0 Å². The fourth-order valence-electron chi connectivity index (χ4n) is 7.43. The molecule has 2 heterocycles. The lowest BCUT2D eigenvalue weighted by molar-refractivity contribution is 0.827. The number of hydrogen-bond acceptors (Lipinski definition) is 4. The van der Waals surface area contributed by atoms with Gasteiger partial charge in [0, 0.05) is 68.0 Å². The Morgan fingerprint density at radius 2 is 0.925 bits per heavy atom. The smallest absolute Gasteiger partial charge is 0.124 e. The molecular formula is C48H40N4S. The predicted molar refractivity (Wildman–Crippen MR) is 227 cm³/mol. The normalized spacial score (nSPS) is 11.5. The molecule has 0 spiro atoms. The van der Waals surface area contributed by atoms with Gasteiger partial charge in [-0.05, 0) is 137 Å². The second-order valence-corrected chi connectivity index (χ2v) is 14.9. The van der Waals surface area contributed by atoms with Crippen molar-refractivity contribution in [1.29, 1.82) is 0 Å². The molecule has 0 bridgehead atoms. The van der Waals surface area contributed by atoms with Crippen molar-refractivity contribution in [2.24, 2.45) is 0 Å². The first-order valence-corrected chi connectivity index (χ1v) is 19.1. The second kappa shape index (κ2) is 13.4. The largest absolute Gasteiger partial charge is 0.341 e. The van der Waals surface area contributed by atoms with Crippen LogP contribution in [0.1, 0.15) is 23.6 Å². The van der Waals surface area contributed by atoms with Crippen LogP contribution in [0, 0.1) is 20.8 Å². The number of thiazole rings is 1. The maximum Gasteiger partial charge on any atom is 0.124 e. The zero-order valence-corrected chi connectivity index (χ0v) is 31.2. The minimum absolute atomic E-state index is 0.890. The van der Waals surface area contributed by atoms with Crippen LogP contribution in [-0.4, -0.2) is 9.55 Å². The minimum atomic E-state index is 0.890. The Morgan fingerprint density at radius 1 is 0.491 bits per heavy atom. The zero-order valence-electron chi connectivity index (χ0n) is 30.4. The van der Waals surface area contributed by atoms with E-state index in [-0.39, 0.29) is 0 Å². The number of anilines is 6. The molecule has 0 radical (unpaired) electrons. The molecule has 5 heteroatoms. The summed E-state index contributed by atoms with van der Waals surface area (Å²) in [6, 6.07) is 57.4. The molecule has 0 unspecified atom stereocenters. The standard InChI is InChI=1S/C48H40N4S/c1-5-50-45-28-16-35(48-49-44-8-6-7-9-47(44)53-48)30-42(45)43-31-41(27-29-46(43)50)52(38-21-14-34(4)15-22-38)40-25-23-39(24-26-40)51(36-17-10-32(2)11-18-36)37-19-12-33(3)13-20-37/h6-31H,5H2,1-4H3. The summed E-state index contributed by atoms with van der Waals surface area (Å²) >= 11 is 1.75. The van der Waals surface area contributed by atoms with Crippen LogP contribution in [0.5, 0.6) is 0 Å². The van der Waals surface area contributed by atoms with Crippen LogP contribution < -0.4 is 9.80 Å². The van der Waals surface area contributed by atoms with Crippen LogP contribution in [0.4, 0.5) is 34.1 Å². The average molecular weight is 705 g/mol. The van der Waals surface area contributed by atoms with E-state index in [1.807, 2.05) is 0 Å². The van der Waals surface area contributed by atoms with Gasteiger partial charge in [-0.25, -0.2) is 4.98 Å². The molecular weight excluding hydrogens is 665 g/mol.